The van der Waals surface area contributed by atoms with Crippen LogP contribution in [0.25, 0.3) is 10.8 Å². The van der Waals surface area contributed by atoms with E-state index in [4.69, 9.17) is 18.8 Å². The van der Waals surface area contributed by atoms with Crippen molar-refractivity contribution in [1.29, 1.82) is 0 Å². The second-order valence-electron chi connectivity index (χ2n) is 8.93. The lowest BCUT2D eigenvalue weighted by Gasteiger charge is -2.13. The first-order valence-electron chi connectivity index (χ1n) is 12.0. The molecule has 5 rings (SSSR count). The number of benzene rings is 3. The highest BCUT2D eigenvalue weighted by molar-refractivity contribution is 5.87. The van der Waals surface area contributed by atoms with E-state index in [2.05, 4.69) is 52.6 Å². The van der Waals surface area contributed by atoms with Crippen molar-refractivity contribution in [1.82, 2.24) is 5.16 Å². The van der Waals surface area contributed by atoms with E-state index in [1.165, 1.54) is 30.2 Å². The number of fused-ring (bicyclic) bond motifs is 1. The number of carbonyl (C=O) groups excluding carboxylic acids is 3. The molecule has 0 spiro atoms. The van der Waals surface area contributed by atoms with Crippen molar-refractivity contribution in [3.8, 4) is 11.8 Å². The van der Waals surface area contributed by atoms with Gasteiger partial charge < -0.3 is 9.26 Å². The third kappa shape index (κ3) is 6.94. The maximum absolute atomic E-state index is 12.5. The molecule has 37 heavy (non-hydrogen) atoms. The van der Waals surface area contributed by atoms with Gasteiger partial charge in [-0.25, -0.2) is 4.79 Å². The minimum atomic E-state index is -0.585. The summed E-state index contributed by atoms with van der Waals surface area (Å²) in [6.07, 6.45) is 3.16. The average molecular weight is 495 g/mol. The number of amides is 1. The molecule has 1 heterocycles. The summed E-state index contributed by atoms with van der Waals surface area (Å²) in [5.41, 5.74) is 4.13. The SMILES string of the molecule is Cc1noc(C#Cc2ccc3cc(CC4CC4)ccc3c2)c1NC(=O)OC(C)c1ccccc1.O=C=O. The second kappa shape index (κ2) is 11.9. The maximum Gasteiger partial charge on any atom is 0.412 e. The molecule has 1 unspecified atom stereocenters. The lowest BCUT2D eigenvalue weighted by Crippen LogP contribution is -2.16. The molecule has 1 atom stereocenters. The van der Waals surface area contributed by atoms with E-state index < -0.39 is 12.2 Å². The monoisotopic (exact) mass is 494 g/mol. The predicted octanol–water partition coefficient (Wildman–Crippen LogP) is 6.21. The molecular formula is C30H26N2O5. The zero-order valence-electron chi connectivity index (χ0n) is 20.6. The van der Waals surface area contributed by atoms with Gasteiger partial charge in [0.05, 0.1) is 0 Å². The van der Waals surface area contributed by atoms with Crippen molar-refractivity contribution < 1.29 is 23.6 Å². The molecule has 1 N–H and O–H groups in total. The molecule has 0 radical (unpaired) electrons. The summed E-state index contributed by atoms with van der Waals surface area (Å²) < 4.78 is 10.9. The molecular weight excluding hydrogens is 468 g/mol. The van der Waals surface area contributed by atoms with Gasteiger partial charge in [-0.15, -0.1) is 0 Å². The molecule has 1 aromatic heterocycles. The van der Waals surface area contributed by atoms with Crippen LogP contribution in [0.15, 0.2) is 71.3 Å². The Labute approximate surface area is 214 Å². The lowest BCUT2D eigenvalue weighted by atomic mass is 10.0. The van der Waals surface area contributed by atoms with Crippen LogP contribution in [-0.4, -0.2) is 17.4 Å². The van der Waals surface area contributed by atoms with Gasteiger partial charge in [-0.1, -0.05) is 65.7 Å². The average Bonchev–Trinajstić information content (AvgIpc) is 3.65. The van der Waals surface area contributed by atoms with Gasteiger partial charge in [0.1, 0.15) is 17.5 Å². The maximum atomic E-state index is 12.5. The van der Waals surface area contributed by atoms with Crippen molar-refractivity contribution in [2.75, 3.05) is 5.32 Å². The van der Waals surface area contributed by atoms with Gasteiger partial charge in [0.2, 0.25) is 5.76 Å². The van der Waals surface area contributed by atoms with Crippen LogP contribution in [0.4, 0.5) is 10.5 Å². The molecule has 0 bridgehead atoms. The molecule has 1 fully saturated rings. The van der Waals surface area contributed by atoms with Gasteiger partial charge in [0, 0.05) is 5.56 Å². The van der Waals surface area contributed by atoms with Crippen molar-refractivity contribution in [2.45, 2.75) is 39.2 Å². The molecule has 186 valence electrons. The molecule has 1 aliphatic carbocycles. The number of nitrogens with zero attached hydrogens (tertiary/aromatic N) is 1. The molecule has 1 saturated carbocycles. The number of hydrogen-bond acceptors (Lipinski definition) is 6. The topological polar surface area (TPSA) is 98.5 Å². The number of aromatic nitrogens is 1. The molecule has 7 nitrogen and oxygen atoms in total. The highest BCUT2D eigenvalue weighted by atomic mass is 16.6. The quantitative estimate of drug-likeness (QED) is 0.331. The van der Waals surface area contributed by atoms with Crippen LogP contribution < -0.4 is 5.32 Å². The van der Waals surface area contributed by atoms with E-state index in [1.54, 1.807) is 6.92 Å². The van der Waals surface area contributed by atoms with Crippen LogP contribution in [0.3, 0.4) is 0 Å². The Hall–Kier alpha value is -4.66. The highest BCUT2D eigenvalue weighted by Gasteiger charge is 2.21. The first kappa shape index (κ1) is 25.4. The summed E-state index contributed by atoms with van der Waals surface area (Å²) in [7, 11) is 0. The van der Waals surface area contributed by atoms with Gasteiger partial charge in [0.15, 0.2) is 0 Å². The second-order valence-corrected chi connectivity index (χ2v) is 8.93. The lowest BCUT2D eigenvalue weighted by molar-refractivity contribution is -0.191. The number of aryl methyl sites for hydroxylation is 1. The first-order chi connectivity index (χ1) is 18.0. The third-order valence-electron chi connectivity index (χ3n) is 6.09. The Morgan fingerprint density at radius 3 is 2.49 bits per heavy atom. The Morgan fingerprint density at radius 1 is 1.05 bits per heavy atom. The number of nitrogens with one attached hydrogen (secondary N) is 1. The number of rotatable bonds is 5. The van der Waals surface area contributed by atoms with Crippen LogP contribution >= 0.6 is 0 Å². The van der Waals surface area contributed by atoms with E-state index in [9.17, 15) is 4.79 Å². The number of carbonyl (C=O) groups is 1. The zero-order valence-corrected chi connectivity index (χ0v) is 20.6. The van der Waals surface area contributed by atoms with Crippen LogP contribution in [-0.2, 0) is 20.7 Å². The molecule has 1 amide bonds. The summed E-state index contributed by atoms with van der Waals surface area (Å²) in [6.45, 7) is 3.57. The standard InChI is InChI=1S/C29H26N2O3.CO2/c1-19-28(30-29(32)33-20(2)24-6-4-3-5-7-24)27(34-31-19)15-12-22-10-13-26-18-23(16-21-8-9-21)11-14-25(26)17-22;2-1-3/h3-7,10-11,13-14,17-18,20-21H,8-9,16H2,1-2H3,(H,30,32);. The summed E-state index contributed by atoms with van der Waals surface area (Å²) in [6, 6.07) is 22.4. The first-order valence-corrected chi connectivity index (χ1v) is 12.0. The fraction of sp³-hybridized carbons (Fsp3) is 0.233. The summed E-state index contributed by atoms with van der Waals surface area (Å²) >= 11 is 0. The van der Waals surface area contributed by atoms with E-state index >= 15 is 0 Å². The number of anilines is 1. The largest absolute Gasteiger partial charge is 0.441 e. The summed E-state index contributed by atoms with van der Waals surface area (Å²) in [4.78, 5) is 28.7. The van der Waals surface area contributed by atoms with Gasteiger partial charge >= 0.3 is 12.2 Å². The predicted molar refractivity (Wildman–Crippen MR) is 138 cm³/mol. The minimum Gasteiger partial charge on any atom is -0.441 e. The van der Waals surface area contributed by atoms with Crippen LogP contribution in [0.1, 0.15) is 54.0 Å². The molecule has 3 aromatic carbocycles. The Kier molecular flexibility index (Phi) is 8.15. The van der Waals surface area contributed by atoms with Gasteiger partial charge in [-0.05, 0) is 79.0 Å². The number of ether oxygens (including phenoxy) is 1. The van der Waals surface area contributed by atoms with E-state index in [0.717, 1.165) is 22.4 Å². The van der Waals surface area contributed by atoms with Gasteiger partial charge in [-0.2, -0.15) is 9.59 Å². The molecule has 7 heteroatoms. The smallest absolute Gasteiger partial charge is 0.412 e. The van der Waals surface area contributed by atoms with Crippen LogP contribution in [0.2, 0.25) is 0 Å². The fourth-order valence-electron chi connectivity index (χ4n) is 3.97. The van der Waals surface area contributed by atoms with Gasteiger partial charge in [0.25, 0.3) is 0 Å². The van der Waals surface area contributed by atoms with Crippen molar-refractivity contribution in [2.24, 2.45) is 5.92 Å². The van der Waals surface area contributed by atoms with Crippen molar-refractivity contribution >= 4 is 28.7 Å². The zero-order chi connectivity index (χ0) is 26.2. The Morgan fingerprint density at radius 2 is 1.76 bits per heavy atom. The van der Waals surface area contributed by atoms with Gasteiger partial charge in [-0.3, -0.25) is 5.32 Å². The minimum absolute atomic E-state index is 0.250. The Bertz CT molecular complexity index is 1490. The molecule has 1 aliphatic rings. The van der Waals surface area contributed by atoms with Crippen molar-refractivity contribution in [3.63, 3.8) is 0 Å². The van der Waals surface area contributed by atoms with E-state index in [-0.39, 0.29) is 6.15 Å². The highest BCUT2D eigenvalue weighted by Crippen LogP contribution is 2.33. The fourth-order valence-corrected chi connectivity index (χ4v) is 3.97. The summed E-state index contributed by atoms with van der Waals surface area (Å²) in [5.74, 6) is 7.29. The van der Waals surface area contributed by atoms with Crippen molar-refractivity contribution in [3.05, 3.63) is 94.9 Å². The Balaban J connectivity index is 0.00000102. The molecule has 0 aliphatic heterocycles. The number of hydrogen-bond donors (Lipinski definition) is 1. The van der Waals surface area contributed by atoms with E-state index in [0.29, 0.717) is 17.1 Å². The third-order valence-corrected chi connectivity index (χ3v) is 6.09. The molecule has 0 saturated heterocycles. The van der Waals surface area contributed by atoms with E-state index in [1.807, 2.05) is 43.3 Å². The normalized spacial score (nSPS) is 12.8. The van der Waals surface area contributed by atoms with Crippen LogP contribution in [0.5, 0.6) is 0 Å². The summed E-state index contributed by atoms with van der Waals surface area (Å²) in [5, 5.41) is 9.06. The molecule has 4 aromatic rings. The van der Waals surface area contributed by atoms with Crippen LogP contribution in [0, 0.1) is 24.7 Å².